The first kappa shape index (κ1) is 12.6. The van der Waals surface area contributed by atoms with Crippen molar-refractivity contribution in [3.63, 3.8) is 0 Å². The molecule has 0 aliphatic carbocycles. The summed E-state index contributed by atoms with van der Waals surface area (Å²) in [7, 11) is 0. The number of aromatic nitrogens is 2. The lowest BCUT2D eigenvalue weighted by Gasteiger charge is -2.36. The lowest BCUT2D eigenvalue weighted by Crippen LogP contribution is -2.53. The Morgan fingerprint density at radius 2 is 1.88 bits per heavy atom. The highest BCUT2D eigenvalue weighted by Crippen LogP contribution is 2.29. The summed E-state index contributed by atoms with van der Waals surface area (Å²) in [5.41, 5.74) is 4.56. The molecule has 0 radical (unpaired) electrons. The highest BCUT2D eigenvalue weighted by Gasteiger charge is 2.40. The van der Waals surface area contributed by atoms with Crippen LogP contribution in [0, 0.1) is 12.3 Å². The smallest absolute Gasteiger partial charge is 0.322 e. The van der Waals surface area contributed by atoms with Gasteiger partial charge in [0, 0.05) is 12.5 Å². The summed E-state index contributed by atoms with van der Waals surface area (Å²) in [6, 6.07) is 0.0971. The molecular weight excluding hydrogens is 208 g/mol. The maximum Gasteiger partial charge on any atom is 0.322 e. The van der Waals surface area contributed by atoms with Gasteiger partial charge in [0.25, 0.3) is 0 Å². The van der Waals surface area contributed by atoms with Crippen LogP contribution in [0.2, 0.25) is 0 Å². The molecule has 6 nitrogen and oxygen atoms in total. The van der Waals surface area contributed by atoms with Crippen LogP contribution >= 0.6 is 0 Å². The van der Waals surface area contributed by atoms with E-state index in [1.807, 2.05) is 0 Å². The molecule has 0 spiro atoms. The molecule has 1 rings (SSSR count). The van der Waals surface area contributed by atoms with Crippen molar-refractivity contribution in [2.75, 3.05) is 5.32 Å². The molecule has 16 heavy (non-hydrogen) atoms. The fourth-order valence-corrected chi connectivity index (χ4v) is 0.893. The van der Waals surface area contributed by atoms with Gasteiger partial charge in [0.1, 0.15) is 0 Å². The summed E-state index contributed by atoms with van der Waals surface area (Å²) >= 11 is 0. The van der Waals surface area contributed by atoms with E-state index in [9.17, 15) is 4.79 Å². The minimum atomic E-state index is -0.741. The van der Waals surface area contributed by atoms with Crippen molar-refractivity contribution in [2.24, 2.45) is 11.1 Å². The number of carbonyl (C=O) groups is 1. The molecule has 0 saturated carbocycles. The first-order chi connectivity index (χ1) is 7.14. The van der Waals surface area contributed by atoms with Crippen LogP contribution in [0.15, 0.2) is 4.42 Å². The zero-order valence-corrected chi connectivity index (χ0v) is 10.3. The van der Waals surface area contributed by atoms with E-state index in [-0.39, 0.29) is 11.9 Å². The third kappa shape index (κ3) is 2.38. The fourth-order valence-electron chi connectivity index (χ4n) is 0.893. The number of amides is 1. The van der Waals surface area contributed by atoms with Crippen LogP contribution in [-0.4, -0.2) is 21.6 Å². The summed E-state index contributed by atoms with van der Waals surface area (Å²) in [6.45, 7) is 8.79. The van der Waals surface area contributed by atoms with Crippen molar-refractivity contribution >= 4 is 11.9 Å². The number of hydrogen-bond acceptors (Lipinski definition) is 5. The maximum atomic E-state index is 12.0. The Kier molecular flexibility index (Phi) is 3.05. The van der Waals surface area contributed by atoms with E-state index in [4.69, 9.17) is 10.2 Å². The molecule has 0 fully saturated rings. The molecular formula is C10H18N4O2. The number of nitrogens with zero attached hydrogens (tertiary/aromatic N) is 2. The Morgan fingerprint density at radius 1 is 1.31 bits per heavy atom. The Balaban J connectivity index is 2.80. The molecule has 90 valence electrons. The third-order valence-corrected chi connectivity index (χ3v) is 2.92. The first-order valence-electron chi connectivity index (χ1n) is 5.05. The molecule has 0 aliphatic rings. The molecule has 6 heteroatoms. The van der Waals surface area contributed by atoms with E-state index in [0.29, 0.717) is 5.89 Å². The number of nitrogens with one attached hydrogen (secondary N) is 1. The molecule has 0 saturated heterocycles. The topological polar surface area (TPSA) is 94.0 Å². The zero-order valence-electron chi connectivity index (χ0n) is 10.3. The summed E-state index contributed by atoms with van der Waals surface area (Å²) in [5, 5.41) is 9.86. The van der Waals surface area contributed by atoms with Gasteiger partial charge in [-0.2, -0.15) is 0 Å². The van der Waals surface area contributed by atoms with Crippen molar-refractivity contribution in [1.29, 1.82) is 0 Å². The molecule has 1 amide bonds. The van der Waals surface area contributed by atoms with Crippen molar-refractivity contribution in [3.8, 4) is 0 Å². The maximum absolute atomic E-state index is 12.0. The lowest BCUT2D eigenvalue weighted by molar-refractivity contribution is -0.126. The number of aryl methyl sites for hydroxylation is 1. The number of rotatable bonds is 3. The molecule has 1 heterocycles. The molecule has 0 unspecified atom stereocenters. The summed E-state index contributed by atoms with van der Waals surface area (Å²) < 4.78 is 5.07. The van der Waals surface area contributed by atoms with Gasteiger partial charge in [-0.25, -0.2) is 0 Å². The zero-order chi connectivity index (χ0) is 12.6. The highest BCUT2D eigenvalue weighted by molar-refractivity contribution is 5.94. The SMILES string of the molecule is Cc1nnc(NC(=O)C(C)(C)C(C)(C)N)o1. The van der Waals surface area contributed by atoms with E-state index in [0.717, 1.165) is 0 Å². The number of carbonyl (C=O) groups excluding carboxylic acids is 1. The summed E-state index contributed by atoms with van der Waals surface area (Å²) in [4.78, 5) is 12.0. The molecule has 0 aromatic carbocycles. The largest absolute Gasteiger partial charge is 0.408 e. The van der Waals surface area contributed by atoms with Crippen molar-refractivity contribution in [3.05, 3.63) is 5.89 Å². The second-order valence-electron chi connectivity index (χ2n) is 4.93. The number of anilines is 1. The molecule has 3 N–H and O–H groups in total. The van der Waals surface area contributed by atoms with Crippen LogP contribution in [0.3, 0.4) is 0 Å². The fraction of sp³-hybridized carbons (Fsp3) is 0.700. The summed E-state index contributed by atoms with van der Waals surface area (Å²) in [5.74, 6) is 0.156. The standard InChI is InChI=1S/C10H18N4O2/c1-6-13-14-8(16-6)12-7(15)9(2,3)10(4,5)11/h11H2,1-5H3,(H,12,14,15). The van der Waals surface area contributed by atoms with Gasteiger partial charge in [-0.15, -0.1) is 5.10 Å². The van der Waals surface area contributed by atoms with Gasteiger partial charge in [0.2, 0.25) is 11.8 Å². The van der Waals surface area contributed by atoms with Crippen molar-refractivity contribution < 1.29 is 9.21 Å². The second-order valence-corrected chi connectivity index (χ2v) is 4.93. The average molecular weight is 226 g/mol. The van der Waals surface area contributed by atoms with Gasteiger partial charge in [-0.05, 0) is 27.7 Å². The summed E-state index contributed by atoms with van der Waals surface area (Å²) in [6.07, 6.45) is 0. The number of nitrogens with two attached hydrogens (primary N) is 1. The van der Waals surface area contributed by atoms with Gasteiger partial charge < -0.3 is 10.2 Å². The van der Waals surface area contributed by atoms with Crippen LogP contribution in [-0.2, 0) is 4.79 Å². The lowest BCUT2D eigenvalue weighted by atomic mass is 9.74. The molecule has 0 aliphatic heterocycles. The molecule has 1 aromatic heterocycles. The van der Waals surface area contributed by atoms with E-state index in [1.54, 1.807) is 34.6 Å². The van der Waals surface area contributed by atoms with Crippen molar-refractivity contribution in [1.82, 2.24) is 10.2 Å². The van der Waals surface area contributed by atoms with Crippen LogP contribution in [0.5, 0.6) is 0 Å². The van der Waals surface area contributed by atoms with E-state index in [2.05, 4.69) is 15.5 Å². The Bertz CT molecular complexity index is 390. The number of hydrogen-bond donors (Lipinski definition) is 2. The minimum Gasteiger partial charge on any atom is -0.408 e. The van der Waals surface area contributed by atoms with Gasteiger partial charge in [-0.3, -0.25) is 10.1 Å². The van der Waals surface area contributed by atoms with Crippen LogP contribution < -0.4 is 11.1 Å². The normalized spacial score (nSPS) is 12.6. The monoisotopic (exact) mass is 226 g/mol. The van der Waals surface area contributed by atoms with Gasteiger partial charge >= 0.3 is 6.01 Å². The van der Waals surface area contributed by atoms with Crippen LogP contribution in [0.4, 0.5) is 6.01 Å². The second kappa shape index (κ2) is 3.86. The van der Waals surface area contributed by atoms with Crippen LogP contribution in [0.25, 0.3) is 0 Å². The molecule has 0 bridgehead atoms. The van der Waals surface area contributed by atoms with E-state index < -0.39 is 11.0 Å². The minimum absolute atomic E-state index is 0.0971. The van der Waals surface area contributed by atoms with Gasteiger partial charge in [-0.1, -0.05) is 5.10 Å². The Labute approximate surface area is 94.6 Å². The van der Waals surface area contributed by atoms with E-state index >= 15 is 0 Å². The third-order valence-electron chi connectivity index (χ3n) is 2.92. The quantitative estimate of drug-likeness (QED) is 0.804. The van der Waals surface area contributed by atoms with Crippen LogP contribution in [0.1, 0.15) is 33.6 Å². The molecule has 1 aromatic rings. The highest BCUT2D eigenvalue weighted by atomic mass is 16.4. The van der Waals surface area contributed by atoms with E-state index in [1.165, 1.54) is 0 Å². The first-order valence-corrected chi connectivity index (χ1v) is 5.05. The average Bonchev–Trinajstić information content (AvgIpc) is 2.49. The predicted molar refractivity (Wildman–Crippen MR) is 59.7 cm³/mol. The Morgan fingerprint density at radius 3 is 2.25 bits per heavy atom. The Hall–Kier alpha value is -1.43. The molecule has 0 atom stereocenters. The predicted octanol–water partition coefficient (Wildman–Crippen LogP) is 1.08. The van der Waals surface area contributed by atoms with Crippen molar-refractivity contribution in [2.45, 2.75) is 40.2 Å². The van der Waals surface area contributed by atoms with Gasteiger partial charge in [0.15, 0.2) is 0 Å². The van der Waals surface area contributed by atoms with Gasteiger partial charge in [0.05, 0.1) is 5.41 Å².